The van der Waals surface area contributed by atoms with Crippen LogP contribution in [0.15, 0.2) is 18.2 Å². The summed E-state index contributed by atoms with van der Waals surface area (Å²) in [7, 11) is 0. The van der Waals surface area contributed by atoms with Crippen LogP contribution in [0.5, 0.6) is 5.75 Å². The van der Waals surface area contributed by atoms with Crippen LogP contribution in [-0.2, 0) is 6.42 Å². The molecule has 0 spiro atoms. The fourth-order valence-corrected chi connectivity index (χ4v) is 2.97. The molecule has 3 N–H and O–H groups in total. The molecular weight excluding hydrogens is 238 g/mol. The molecule has 0 saturated heterocycles. The van der Waals surface area contributed by atoms with Crippen molar-refractivity contribution < 1.29 is 9.84 Å². The third-order valence-electron chi connectivity index (χ3n) is 3.81. The van der Waals surface area contributed by atoms with Crippen LogP contribution in [0, 0.1) is 0 Å². The van der Waals surface area contributed by atoms with E-state index < -0.39 is 0 Å². The second-order valence-corrected chi connectivity index (χ2v) is 6.76. The molecule has 1 heterocycles. The van der Waals surface area contributed by atoms with Gasteiger partial charge in [-0.05, 0) is 45.2 Å². The highest BCUT2D eigenvalue weighted by atomic mass is 16.5. The van der Waals surface area contributed by atoms with Crippen molar-refractivity contribution in [3.05, 3.63) is 29.3 Å². The minimum Gasteiger partial charge on any atom is -0.487 e. The second-order valence-electron chi connectivity index (χ2n) is 6.76. The number of hydrogen-bond acceptors (Lipinski definition) is 3. The molecule has 1 aliphatic heterocycles. The molecule has 0 radical (unpaired) electrons. The van der Waals surface area contributed by atoms with Gasteiger partial charge in [0.1, 0.15) is 11.4 Å². The molecule has 0 aromatic heterocycles. The third-order valence-corrected chi connectivity index (χ3v) is 3.81. The maximum atomic E-state index is 9.32. The summed E-state index contributed by atoms with van der Waals surface area (Å²) in [5, 5.41) is 9.32. The molecule has 1 unspecified atom stereocenters. The minimum absolute atomic E-state index is 0.0985. The van der Waals surface area contributed by atoms with Crippen molar-refractivity contribution in [2.75, 3.05) is 6.61 Å². The number of hydrogen-bond donors (Lipinski definition) is 2. The SMILES string of the molecule is CC1(C)Cc2cccc(C(CCO)C(C)(C)N)c2O1. The van der Waals surface area contributed by atoms with E-state index in [9.17, 15) is 5.11 Å². The molecule has 0 fully saturated rings. The molecule has 3 nitrogen and oxygen atoms in total. The van der Waals surface area contributed by atoms with E-state index >= 15 is 0 Å². The van der Waals surface area contributed by atoms with Gasteiger partial charge in [-0.3, -0.25) is 0 Å². The van der Waals surface area contributed by atoms with Gasteiger partial charge in [-0.25, -0.2) is 0 Å². The number of nitrogens with two attached hydrogens (primary N) is 1. The first kappa shape index (κ1) is 14.4. The maximum Gasteiger partial charge on any atom is 0.127 e. The van der Waals surface area contributed by atoms with Crippen molar-refractivity contribution in [1.29, 1.82) is 0 Å². The fourth-order valence-electron chi connectivity index (χ4n) is 2.97. The van der Waals surface area contributed by atoms with Crippen molar-refractivity contribution in [1.82, 2.24) is 0 Å². The molecule has 0 saturated carbocycles. The number of aliphatic hydroxyl groups is 1. The van der Waals surface area contributed by atoms with Crippen LogP contribution in [0.1, 0.15) is 51.2 Å². The van der Waals surface area contributed by atoms with Gasteiger partial charge < -0.3 is 15.6 Å². The Kier molecular flexibility index (Phi) is 3.63. The Morgan fingerprint density at radius 3 is 2.68 bits per heavy atom. The Hall–Kier alpha value is -1.06. The highest BCUT2D eigenvalue weighted by molar-refractivity contribution is 5.48. The van der Waals surface area contributed by atoms with E-state index in [-0.39, 0.29) is 23.7 Å². The maximum absolute atomic E-state index is 9.32. The lowest BCUT2D eigenvalue weighted by Gasteiger charge is -2.32. The number of benzene rings is 1. The first-order valence-corrected chi connectivity index (χ1v) is 6.95. The zero-order valence-corrected chi connectivity index (χ0v) is 12.4. The number of ether oxygens (including phenoxy) is 1. The van der Waals surface area contributed by atoms with Crippen molar-refractivity contribution >= 4 is 0 Å². The quantitative estimate of drug-likeness (QED) is 0.878. The summed E-state index contributed by atoms with van der Waals surface area (Å²) in [6.45, 7) is 8.36. The standard InChI is InChI=1S/C16H25NO2/c1-15(2)10-11-6-5-7-12(14(11)19-15)13(8-9-18)16(3,4)17/h5-7,13,18H,8-10,17H2,1-4H3. The van der Waals surface area contributed by atoms with Crippen LogP contribution in [0.3, 0.4) is 0 Å². The molecule has 0 aliphatic carbocycles. The van der Waals surface area contributed by atoms with Gasteiger partial charge in [0.2, 0.25) is 0 Å². The Labute approximate surface area is 115 Å². The smallest absolute Gasteiger partial charge is 0.127 e. The molecule has 1 aromatic carbocycles. The van der Waals surface area contributed by atoms with Crippen molar-refractivity contribution in [2.24, 2.45) is 5.73 Å². The molecule has 2 rings (SSSR count). The van der Waals surface area contributed by atoms with E-state index in [1.54, 1.807) is 0 Å². The average molecular weight is 263 g/mol. The lowest BCUT2D eigenvalue weighted by Crippen LogP contribution is -2.40. The van der Waals surface area contributed by atoms with Gasteiger partial charge in [-0.2, -0.15) is 0 Å². The number of fused-ring (bicyclic) bond motifs is 1. The van der Waals surface area contributed by atoms with Crippen LogP contribution in [0.25, 0.3) is 0 Å². The number of aliphatic hydroxyl groups excluding tert-OH is 1. The lowest BCUT2D eigenvalue weighted by molar-refractivity contribution is 0.135. The molecule has 1 aliphatic rings. The molecule has 19 heavy (non-hydrogen) atoms. The third kappa shape index (κ3) is 2.93. The number of para-hydroxylation sites is 1. The molecule has 1 atom stereocenters. The van der Waals surface area contributed by atoms with Crippen LogP contribution in [-0.4, -0.2) is 22.9 Å². The van der Waals surface area contributed by atoms with E-state index in [4.69, 9.17) is 10.5 Å². The van der Waals surface area contributed by atoms with Crippen LogP contribution < -0.4 is 10.5 Å². The summed E-state index contributed by atoms with van der Waals surface area (Å²) in [4.78, 5) is 0. The highest BCUT2D eigenvalue weighted by Gasteiger charge is 2.36. The van der Waals surface area contributed by atoms with E-state index in [0.29, 0.717) is 6.42 Å². The summed E-state index contributed by atoms with van der Waals surface area (Å²) >= 11 is 0. The first-order chi connectivity index (χ1) is 8.74. The Morgan fingerprint density at radius 1 is 1.42 bits per heavy atom. The molecule has 0 bridgehead atoms. The van der Waals surface area contributed by atoms with Crippen LogP contribution in [0.4, 0.5) is 0 Å². The zero-order chi connectivity index (χ0) is 14.3. The zero-order valence-electron chi connectivity index (χ0n) is 12.4. The summed E-state index contributed by atoms with van der Waals surface area (Å²) in [5.74, 6) is 1.07. The molecule has 1 aromatic rings. The molecule has 0 amide bonds. The predicted octanol–water partition coefficient (Wildman–Crippen LogP) is 2.60. The van der Waals surface area contributed by atoms with Gasteiger partial charge in [-0.1, -0.05) is 18.2 Å². The second kappa shape index (κ2) is 4.80. The largest absolute Gasteiger partial charge is 0.487 e. The summed E-state index contributed by atoms with van der Waals surface area (Å²) in [6, 6.07) is 6.26. The van der Waals surface area contributed by atoms with Crippen LogP contribution in [0.2, 0.25) is 0 Å². The van der Waals surface area contributed by atoms with Gasteiger partial charge in [0.15, 0.2) is 0 Å². The highest BCUT2D eigenvalue weighted by Crippen LogP contribution is 2.43. The molecular formula is C16H25NO2. The van der Waals surface area contributed by atoms with Crippen molar-refractivity contribution in [3.63, 3.8) is 0 Å². The Bertz CT molecular complexity index is 460. The van der Waals surface area contributed by atoms with Gasteiger partial charge in [-0.15, -0.1) is 0 Å². The minimum atomic E-state index is -0.381. The number of rotatable bonds is 4. The topological polar surface area (TPSA) is 55.5 Å². The van der Waals surface area contributed by atoms with Gasteiger partial charge in [0, 0.05) is 24.5 Å². The van der Waals surface area contributed by atoms with Crippen molar-refractivity contribution in [3.8, 4) is 5.75 Å². The van der Waals surface area contributed by atoms with Gasteiger partial charge >= 0.3 is 0 Å². The summed E-state index contributed by atoms with van der Waals surface area (Å²) in [6.07, 6.45) is 1.58. The summed E-state index contributed by atoms with van der Waals surface area (Å²) in [5.41, 5.74) is 8.13. The Morgan fingerprint density at radius 2 is 2.11 bits per heavy atom. The van der Waals surface area contributed by atoms with E-state index in [1.807, 2.05) is 13.8 Å². The van der Waals surface area contributed by atoms with E-state index in [2.05, 4.69) is 32.0 Å². The summed E-state index contributed by atoms with van der Waals surface area (Å²) < 4.78 is 6.11. The van der Waals surface area contributed by atoms with Gasteiger partial charge in [0.25, 0.3) is 0 Å². The van der Waals surface area contributed by atoms with E-state index in [1.165, 1.54) is 5.56 Å². The predicted molar refractivity (Wildman–Crippen MR) is 77.6 cm³/mol. The van der Waals surface area contributed by atoms with Gasteiger partial charge in [0.05, 0.1) is 0 Å². The molecule has 106 valence electrons. The molecule has 3 heteroatoms. The Balaban J connectivity index is 2.44. The van der Waals surface area contributed by atoms with Crippen molar-refractivity contribution in [2.45, 2.75) is 57.6 Å². The van der Waals surface area contributed by atoms with E-state index in [0.717, 1.165) is 17.7 Å². The monoisotopic (exact) mass is 263 g/mol. The van der Waals surface area contributed by atoms with Crippen LogP contribution >= 0.6 is 0 Å². The first-order valence-electron chi connectivity index (χ1n) is 6.95. The normalized spacial score (nSPS) is 18.8. The fraction of sp³-hybridized carbons (Fsp3) is 0.625. The average Bonchev–Trinajstić information content (AvgIpc) is 2.58. The lowest BCUT2D eigenvalue weighted by atomic mass is 9.79.